The van der Waals surface area contributed by atoms with E-state index in [1.54, 1.807) is 13.0 Å². The average molecular weight is 380 g/mol. The number of rotatable bonds is 8. The SMILES string of the molecule is CCOc1ccc(Nc2cc(C(=O)NCCC3=CCCCC3)nc(C)n2)cc1. The van der Waals surface area contributed by atoms with Gasteiger partial charge in [-0.05, 0) is 70.2 Å². The molecule has 1 aromatic heterocycles. The van der Waals surface area contributed by atoms with E-state index in [1.807, 2.05) is 31.2 Å². The van der Waals surface area contributed by atoms with E-state index >= 15 is 0 Å². The molecule has 28 heavy (non-hydrogen) atoms. The van der Waals surface area contributed by atoms with Crippen LogP contribution in [-0.4, -0.2) is 29.0 Å². The number of benzene rings is 1. The monoisotopic (exact) mass is 380 g/mol. The number of nitrogens with one attached hydrogen (secondary N) is 2. The molecular formula is C22H28N4O2. The third-order valence-electron chi connectivity index (χ3n) is 4.63. The van der Waals surface area contributed by atoms with Crippen molar-refractivity contribution in [2.24, 2.45) is 0 Å². The molecule has 0 saturated heterocycles. The van der Waals surface area contributed by atoms with Crippen LogP contribution in [0.5, 0.6) is 5.75 Å². The number of hydrogen-bond donors (Lipinski definition) is 2. The van der Waals surface area contributed by atoms with Crippen LogP contribution in [0.15, 0.2) is 42.0 Å². The minimum absolute atomic E-state index is 0.170. The highest BCUT2D eigenvalue weighted by molar-refractivity contribution is 5.93. The van der Waals surface area contributed by atoms with Gasteiger partial charge in [0, 0.05) is 18.3 Å². The van der Waals surface area contributed by atoms with Crippen molar-refractivity contribution in [1.82, 2.24) is 15.3 Å². The van der Waals surface area contributed by atoms with Gasteiger partial charge in [0.25, 0.3) is 5.91 Å². The maximum atomic E-state index is 12.5. The molecule has 1 aromatic carbocycles. The highest BCUT2D eigenvalue weighted by atomic mass is 16.5. The molecule has 148 valence electrons. The van der Waals surface area contributed by atoms with Crippen LogP contribution in [0.3, 0.4) is 0 Å². The van der Waals surface area contributed by atoms with Crippen molar-refractivity contribution < 1.29 is 9.53 Å². The topological polar surface area (TPSA) is 76.1 Å². The van der Waals surface area contributed by atoms with Crippen molar-refractivity contribution in [2.45, 2.75) is 46.0 Å². The predicted octanol–water partition coefficient (Wildman–Crippen LogP) is 4.55. The Morgan fingerprint density at radius 2 is 2.00 bits per heavy atom. The molecule has 6 heteroatoms. The summed E-state index contributed by atoms with van der Waals surface area (Å²) in [6.45, 7) is 5.00. The first-order chi connectivity index (χ1) is 13.6. The lowest BCUT2D eigenvalue weighted by Crippen LogP contribution is -2.26. The van der Waals surface area contributed by atoms with Crippen molar-refractivity contribution >= 4 is 17.4 Å². The van der Waals surface area contributed by atoms with E-state index in [9.17, 15) is 4.79 Å². The largest absolute Gasteiger partial charge is 0.494 e. The molecule has 0 bridgehead atoms. The molecule has 1 aliphatic carbocycles. The van der Waals surface area contributed by atoms with E-state index in [2.05, 4.69) is 26.7 Å². The summed E-state index contributed by atoms with van der Waals surface area (Å²) in [5.41, 5.74) is 2.69. The Morgan fingerprint density at radius 1 is 1.18 bits per heavy atom. The number of aromatic nitrogens is 2. The zero-order chi connectivity index (χ0) is 19.8. The molecule has 3 rings (SSSR count). The number of ether oxygens (including phenoxy) is 1. The zero-order valence-corrected chi connectivity index (χ0v) is 16.6. The predicted molar refractivity (Wildman–Crippen MR) is 111 cm³/mol. The standard InChI is InChI=1S/C22H28N4O2/c1-3-28-19-11-9-18(10-12-19)26-21-15-20(24-16(2)25-21)22(27)23-14-13-17-7-5-4-6-8-17/h7,9-12,15H,3-6,8,13-14H2,1-2H3,(H,23,27)(H,24,25,26). The van der Waals surface area contributed by atoms with Gasteiger partial charge in [0.15, 0.2) is 0 Å². The summed E-state index contributed by atoms with van der Waals surface area (Å²) in [6, 6.07) is 9.31. The summed E-state index contributed by atoms with van der Waals surface area (Å²) in [6.07, 6.45) is 8.07. The molecule has 0 fully saturated rings. The highest BCUT2D eigenvalue weighted by Gasteiger charge is 2.11. The Bertz CT molecular complexity index is 831. The molecular weight excluding hydrogens is 352 g/mol. The zero-order valence-electron chi connectivity index (χ0n) is 16.6. The fraction of sp³-hybridized carbons (Fsp3) is 0.409. The van der Waals surface area contributed by atoms with Gasteiger partial charge in [0.05, 0.1) is 6.61 Å². The van der Waals surface area contributed by atoms with Gasteiger partial charge in [0.1, 0.15) is 23.1 Å². The number of carbonyl (C=O) groups excluding carboxylic acids is 1. The van der Waals surface area contributed by atoms with Gasteiger partial charge in [-0.15, -0.1) is 0 Å². The van der Waals surface area contributed by atoms with Crippen molar-refractivity contribution in [3.63, 3.8) is 0 Å². The molecule has 2 N–H and O–H groups in total. The third kappa shape index (κ3) is 5.81. The van der Waals surface area contributed by atoms with Gasteiger partial charge < -0.3 is 15.4 Å². The summed E-state index contributed by atoms with van der Waals surface area (Å²) >= 11 is 0. The lowest BCUT2D eigenvalue weighted by molar-refractivity contribution is 0.0948. The maximum Gasteiger partial charge on any atom is 0.270 e. The first-order valence-corrected chi connectivity index (χ1v) is 9.95. The molecule has 6 nitrogen and oxygen atoms in total. The fourth-order valence-electron chi connectivity index (χ4n) is 3.26. The van der Waals surface area contributed by atoms with Crippen molar-refractivity contribution in [1.29, 1.82) is 0 Å². The quantitative estimate of drug-likeness (QED) is 0.657. The molecule has 0 aliphatic heterocycles. The van der Waals surface area contributed by atoms with Crippen LogP contribution in [0.1, 0.15) is 55.3 Å². The van der Waals surface area contributed by atoms with Gasteiger partial charge >= 0.3 is 0 Å². The lowest BCUT2D eigenvalue weighted by Gasteiger charge is -2.13. The Hall–Kier alpha value is -2.89. The molecule has 0 radical (unpaired) electrons. The van der Waals surface area contributed by atoms with Crippen LogP contribution >= 0.6 is 0 Å². The number of hydrogen-bond acceptors (Lipinski definition) is 5. The first kappa shape index (κ1) is 19.9. The molecule has 1 heterocycles. The van der Waals surface area contributed by atoms with Crippen molar-refractivity contribution in [3.05, 3.63) is 53.5 Å². The first-order valence-electron chi connectivity index (χ1n) is 9.95. The minimum atomic E-state index is -0.170. The summed E-state index contributed by atoms with van der Waals surface area (Å²) in [4.78, 5) is 21.2. The Labute approximate surface area is 166 Å². The Morgan fingerprint density at radius 3 is 2.71 bits per heavy atom. The van der Waals surface area contributed by atoms with Crippen LogP contribution in [-0.2, 0) is 0 Å². The van der Waals surface area contributed by atoms with E-state index in [0.717, 1.165) is 30.7 Å². The van der Waals surface area contributed by atoms with Gasteiger partial charge in [-0.25, -0.2) is 9.97 Å². The normalized spacial score (nSPS) is 13.6. The molecule has 0 unspecified atom stereocenters. The van der Waals surface area contributed by atoms with Gasteiger partial charge in [-0.1, -0.05) is 11.6 Å². The summed E-state index contributed by atoms with van der Waals surface area (Å²) < 4.78 is 5.45. The number of aryl methyl sites for hydroxylation is 1. The molecule has 0 spiro atoms. The second-order valence-electron chi connectivity index (χ2n) is 6.88. The molecule has 0 atom stereocenters. The van der Waals surface area contributed by atoms with Crippen LogP contribution < -0.4 is 15.4 Å². The van der Waals surface area contributed by atoms with Gasteiger partial charge in [0.2, 0.25) is 0 Å². The van der Waals surface area contributed by atoms with Crippen LogP contribution in [0.4, 0.5) is 11.5 Å². The second kappa shape index (κ2) is 9.88. The minimum Gasteiger partial charge on any atom is -0.494 e. The molecule has 0 saturated carbocycles. The Kier molecular flexibility index (Phi) is 7.00. The second-order valence-corrected chi connectivity index (χ2v) is 6.88. The number of amides is 1. The van der Waals surface area contributed by atoms with E-state index in [1.165, 1.54) is 18.4 Å². The lowest BCUT2D eigenvalue weighted by atomic mass is 9.97. The molecule has 1 amide bonds. The third-order valence-corrected chi connectivity index (χ3v) is 4.63. The van der Waals surface area contributed by atoms with Gasteiger partial charge in [-0.2, -0.15) is 0 Å². The highest BCUT2D eigenvalue weighted by Crippen LogP contribution is 2.20. The summed E-state index contributed by atoms with van der Waals surface area (Å²) in [5, 5.41) is 6.19. The van der Waals surface area contributed by atoms with Crippen LogP contribution in [0.25, 0.3) is 0 Å². The smallest absolute Gasteiger partial charge is 0.270 e. The molecule has 2 aromatic rings. The van der Waals surface area contributed by atoms with E-state index in [-0.39, 0.29) is 5.91 Å². The summed E-state index contributed by atoms with van der Waals surface area (Å²) in [7, 11) is 0. The van der Waals surface area contributed by atoms with Crippen molar-refractivity contribution in [2.75, 3.05) is 18.5 Å². The molecule has 1 aliphatic rings. The number of carbonyl (C=O) groups is 1. The number of nitrogens with zero attached hydrogens (tertiary/aromatic N) is 2. The van der Waals surface area contributed by atoms with Crippen LogP contribution in [0, 0.1) is 6.92 Å². The maximum absolute atomic E-state index is 12.5. The van der Waals surface area contributed by atoms with E-state index in [4.69, 9.17) is 4.74 Å². The Balaban J connectivity index is 1.60. The van der Waals surface area contributed by atoms with E-state index in [0.29, 0.717) is 30.5 Å². The van der Waals surface area contributed by atoms with Crippen LogP contribution in [0.2, 0.25) is 0 Å². The number of allylic oxidation sites excluding steroid dienone is 1. The van der Waals surface area contributed by atoms with Crippen molar-refractivity contribution in [3.8, 4) is 5.75 Å². The summed E-state index contributed by atoms with van der Waals surface area (Å²) in [5.74, 6) is 1.80. The van der Waals surface area contributed by atoms with Gasteiger partial charge in [-0.3, -0.25) is 4.79 Å². The fourth-order valence-corrected chi connectivity index (χ4v) is 3.26. The average Bonchev–Trinajstić information content (AvgIpc) is 2.70. The van der Waals surface area contributed by atoms with E-state index < -0.39 is 0 Å². The number of anilines is 2.